The zero-order valence-electron chi connectivity index (χ0n) is 59.6. The van der Waals surface area contributed by atoms with Crippen molar-refractivity contribution < 1.29 is 28.5 Å². The van der Waals surface area contributed by atoms with Gasteiger partial charge in [0.15, 0.2) is 0 Å². The van der Waals surface area contributed by atoms with Crippen LogP contribution in [0.5, 0.6) is 11.5 Å². The smallest absolute Gasteiger partial charge is 0.218 e. The summed E-state index contributed by atoms with van der Waals surface area (Å²) in [4.78, 5) is 0. The molecule has 2 aromatic heterocycles. The molecule has 3 atom stereocenters. The minimum Gasteiger partial charge on any atom is -0.505 e. The maximum absolute atomic E-state index is 16.2. The van der Waals surface area contributed by atoms with E-state index in [0.29, 0.717) is 33.7 Å². The first-order valence-electron chi connectivity index (χ1n) is 33.4. The topological polar surface area (TPSA) is 68.8 Å². The lowest BCUT2D eigenvalue weighted by Gasteiger charge is -2.44. The fourth-order valence-electron chi connectivity index (χ4n) is 14.7. The number of halogens is 2. The van der Waals surface area contributed by atoms with E-state index in [2.05, 4.69) is 246 Å². The van der Waals surface area contributed by atoms with E-state index in [1.807, 2.05) is 25.1 Å². The Morgan fingerprint density at radius 2 is 0.957 bits per heavy atom. The molecule has 2 N–H and O–H groups in total. The van der Waals surface area contributed by atoms with E-state index in [9.17, 15) is 10.2 Å². The molecule has 2 heterocycles. The van der Waals surface area contributed by atoms with Gasteiger partial charge in [-0.25, -0.2) is 8.78 Å². The van der Waals surface area contributed by atoms with E-state index in [-0.39, 0.29) is 51.3 Å². The lowest BCUT2D eigenvalue weighted by Crippen LogP contribution is -2.45. The molecule has 0 fully saturated rings. The van der Waals surface area contributed by atoms with Crippen molar-refractivity contribution in [2.45, 2.75) is 224 Å². The first-order chi connectivity index (χ1) is 42.3. The van der Waals surface area contributed by atoms with E-state index in [1.54, 1.807) is 12.1 Å². The number of nitrogens with zero attached hydrogens (tertiary/aromatic N) is 2. The maximum Gasteiger partial charge on any atom is 0.218 e. The molecule has 1 aliphatic rings. The van der Waals surface area contributed by atoms with Gasteiger partial charge in [-0.3, -0.25) is 0 Å². The Balaban J connectivity index is 1.10. The minimum atomic E-state index is -2.06. The second-order valence-electron chi connectivity index (χ2n) is 34.8. The van der Waals surface area contributed by atoms with E-state index >= 15 is 8.78 Å². The van der Waals surface area contributed by atoms with Crippen LogP contribution in [0, 0.1) is 27.9 Å². The third-order valence-electron chi connectivity index (χ3n) is 19.1. The molecule has 7 aromatic carbocycles. The van der Waals surface area contributed by atoms with Crippen LogP contribution in [0.25, 0.3) is 66.0 Å². The van der Waals surface area contributed by atoms with Gasteiger partial charge in [0.1, 0.15) is 29.2 Å². The summed E-state index contributed by atoms with van der Waals surface area (Å²) >= 11 is 0. The van der Waals surface area contributed by atoms with Gasteiger partial charge in [-0.2, -0.15) is 0 Å². The number of aliphatic hydroxyl groups is 1. The number of aromatic hydroxyl groups is 1. The average molecular weight is 1240 g/mol. The Hall–Kier alpha value is -7.00. The standard InChI is InChI=1S/C84H104F2N2O4/c1-51(92-73-36-31-60(86)48-65(73)66-44-57(82(20,21)49-76(2,3)4)46-72(75(66)89)87-68-32-27-53(78(8,9)10)40-61(68)62-41-54(79(11,12)13)28-33-69(62)87)37-38-91-84(90)67(52-25-24-26-59(85)39-52)45-58(83(22,23)50-77(5,6)7)47-74(84)88-70-34-29-55(80(14,15)16)42-63(70)64-43-56(81(17,18)19)30-35-71(64)88/h24-36,39-48,51,74,89-90H,37-38,49-50H2,1-23H3. The Morgan fingerprint density at radius 3 is 1.42 bits per heavy atom. The lowest BCUT2D eigenvalue weighted by atomic mass is 9.68. The summed E-state index contributed by atoms with van der Waals surface area (Å²) in [6.45, 7) is 51.2. The van der Waals surface area contributed by atoms with Crippen LogP contribution in [-0.2, 0) is 31.8 Å². The maximum atomic E-state index is 16.2. The summed E-state index contributed by atoms with van der Waals surface area (Å²) in [5.41, 5.74) is 11.6. The van der Waals surface area contributed by atoms with Crippen LogP contribution in [0.1, 0.15) is 218 Å². The highest BCUT2D eigenvalue weighted by atomic mass is 19.1. The highest BCUT2D eigenvalue weighted by molar-refractivity contribution is 6.11. The first-order valence-corrected chi connectivity index (χ1v) is 33.4. The highest BCUT2D eigenvalue weighted by Gasteiger charge is 2.48. The van der Waals surface area contributed by atoms with Gasteiger partial charge in [0, 0.05) is 55.7 Å². The number of fused-ring (bicyclic) bond motifs is 6. The number of hydrogen-bond donors (Lipinski definition) is 2. The molecular weight excluding hydrogens is 1140 g/mol. The van der Waals surface area contributed by atoms with Crippen molar-refractivity contribution in [1.82, 2.24) is 9.13 Å². The van der Waals surface area contributed by atoms with E-state index in [1.165, 1.54) is 46.5 Å². The van der Waals surface area contributed by atoms with E-state index in [4.69, 9.17) is 9.47 Å². The summed E-state index contributed by atoms with van der Waals surface area (Å²) in [6, 6.07) is 41.0. The van der Waals surface area contributed by atoms with Gasteiger partial charge in [-0.1, -0.05) is 195 Å². The largest absolute Gasteiger partial charge is 0.505 e. The highest BCUT2D eigenvalue weighted by Crippen LogP contribution is 2.53. The molecule has 9 aromatic rings. The fourth-order valence-corrected chi connectivity index (χ4v) is 14.7. The summed E-state index contributed by atoms with van der Waals surface area (Å²) in [7, 11) is 0. The molecule has 1 aliphatic carbocycles. The second kappa shape index (κ2) is 23.5. The van der Waals surface area contributed by atoms with Gasteiger partial charge < -0.3 is 28.8 Å². The Morgan fingerprint density at radius 1 is 0.500 bits per heavy atom. The SMILES string of the molecule is CC(CCOC1(O)C(c2cccc(F)c2)=CC(C(C)(C)CC(C)(C)C)=CC1n1c2ccc(C(C)(C)C)cc2c2cc(C(C)(C)C)ccc21)Oc1ccc(F)cc1-c1cc(C(C)(C)CC(C)(C)C)cc(-n2c3ccc(C(C)(C)C)cc3c3cc(C(C)(C)C)ccc32)c1O. The predicted octanol–water partition coefficient (Wildman–Crippen LogP) is 23.0. The third-order valence-corrected chi connectivity index (χ3v) is 19.1. The van der Waals surface area contributed by atoms with Gasteiger partial charge in [0.25, 0.3) is 0 Å². The zero-order chi connectivity index (χ0) is 67.6. The number of rotatable bonds is 14. The molecule has 0 spiro atoms. The predicted molar refractivity (Wildman–Crippen MR) is 384 cm³/mol. The van der Waals surface area contributed by atoms with Crippen molar-refractivity contribution >= 4 is 49.2 Å². The summed E-state index contributed by atoms with van der Waals surface area (Å²) in [5.74, 6) is -2.57. The quantitative estimate of drug-likeness (QED) is 0.106. The second-order valence-corrected chi connectivity index (χ2v) is 34.8. The van der Waals surface area contributed by atoms with E-state index < -0.39 is 40.4 Å². The van der Waals surface area contributed by atoms with Gasteiger partial charge >= 0.3 is 0 Å². The molecule has 0 aliphatic heterocycles. The Labute approximate surface area is 548 Å². The summed E-state index contributed by atoms with van der Waals surface area (Å²) < 4.78 is 50.6. The summed E-state index contributed by atoms with van der Waals surface area (Å²) in [6.07, 6.45) is 5.61. The number of hydrogen-bond acceptors (Lipinski definition) is 4. The molecular formula is C84H104F2N2O4. The van der Waals surface area contributed by atoms with Crippen LogP contribution in [0.15, 0.2) is 145 Å². The van der Waals surface area contributed by atoms with Crippen LogP contribution in [0.3, 0.4) is 0 Å². The van der Waals surface area contributed by atoms with Crippen LogP contribution >= 0.6 is 0 Å². The van der Waals surface area contributed by atoms with Crippen molar-refractivity contribution in [2.75, 3.05) is 6.61 Å². The normalized spacial score (nSPS) is 17.1. The number of phenolic OH excluding ortho intramolecular Hbond substituents is 1. The molecule has 3 unspecified atom stereocenters. The molecule has 0 amide bonds. The number of aromatic nitrogens is 2. The van der Waals surface area contributed by atoms with Crippen molar-refractivity contribution in [2.24, 2.45) is 16.2 Å². The Kier molecular flexibility index (Phi) is 17.3. The van der Waals surface area contributed by atoms with Gasteiger partial charge in [-0.05, 0) is 199 Å². The average Bonchev–Trinajstić information content (AvgIpc) is 1.48. The third kappa shape index (κ3) is 13.5. The van der Waals surface area contributed by atoms with Crippen molar-refractivity contribution in [3.8, 4) is 28.3 Å². The number of phenols is 1. The summed E-state index contributed by atoms with van der Waals surface area (Å²) in [5, 5.41) is 31.7. The molecule has 92 heavy (non-hydrogen) atoms. The molecule has 6 nitrogen and oxygen atoms in total. The lowest BCUT2D eigenvalue weighted by molar-refractivity contribution is -0.180. The molecule has 0 saturated heterocycles. The fraction of sp³-hybridized carbons (Fsp3) is 0.452. The molecule has 0 saturated carbocycles. The first kappa shape index (κ1) is 67.9. The van der Waals surface area contributed by atoms with Gasteiger partial charge in [-0.15, -0.1) is 0 Å². The minimum absolute atomic E-state index is 0.00000900. The van der Waals surface area contributed by atoms with E-state index in [0.717, 1.165) is 67.6 Å². The van der Waals surface area contributed by atoms with Crippen molar-refractivity contribution in [3.05, 3.63) is 190 Å². The van der Waals surface area contributed by atoms with Gasteiger partial charge in [0.05, 0.1) is 29.4 Å². The van der Waals surface area contributed by atoms with Crippen LogP contribution in [0.2, 0.25) is 0 Å². The number of benzene rings is 7. The van der Waals surface area contributed by atoms with Crippen LogP contribution in [-0.4, -0.2) is 37.8 Å². The zero-order valence-corrected chi connectivity index (χ0v) is 59.6. The molecule has 488 valence electrons. The number of ether oxygens (including phenoxy) is 2. The van der Waals surface area contributed by atoms with Crippen molar-refractivity contribution in [1.29, 1.82) is 0 Å². The van der Waals surface area contributed by atoms with Crippen LogP contribution in [0.4, 0.5) is 8.78 Å². The van der Waals surface area contributed by atoms with Gasteiger partial charge in [0.2, 0.25) is 5.79 Å². The van der Waals surface area contributed by atoms with Crippen molar-refractivity contribution in [3.63, 3.8) is 0 Å². The molecule has 8 heteroatoms. The molecule has 0 bridgehead atoms. The molecule has 0 radical (unpaired) electrons. The molecule has 10 rings (SSSR count). The number of allylic oxidation sites excluding steroid dienone is 2. The monoisotopic (exact) mass is 1240 g/mol. The van der Waals surface area contributed by atoms with Crippen LogP contribution < -0.4 is 4.74 Å². The Bertz CT molecular complexity index is 4230.